The molecule has 16 heavy (non-hydrogen) atoms. The molecule has 4 heteroatoms. The van der Waals surface area contributed by atoms with Crippen molar-refractivity contribution in [2.24, 2.45) is 0 Å². The number of nitrogens with zero attached hydrogens (tertiary/aromatic N) is 1. The summed E-state index contributed by atoms with van der Waals surface area (Å²) >= 11 is 0. The molecule has 94 valence electrons. The van der Waals surface area contributed by atoms with Gasteiger partial charge in [-0.25, -0.2) is 0 Å². The van der Waals surface area contributed by atoms with E-state index in [1.807, 2.05) is 0 Å². The van der Waals surface area contributed by atoms with E-state index in [1.54, 1.807) is 26.1 Å². The van der Waals surface area contributed by atoms with Crippen LogP contribution in [0.1, 0.15) is 32.1 Å². The van der Waals surface area contributed by atoms with Crippen LogP contribution in [0.15, 0.2) is 0 Å². The molecule has 2 unspecified atom stereocenters. The zero-order valence-corrected chi connectivity index (χ0v) is 10.7. The predicted octanol–water partition coefficient (Wildman–Crippen LogP) is 1.01. The lowest BCUT2D eigenvalue weighted by molar-refractivity contribution is -0.128. The van der Waals surface area contributed by atoms with Crippen LogP contribution in [-0.2, 0) is 9.53 Å². The van der Waals surface area contributed by atoms with Crippen molar-refractivity contribution in [3.63, 3.8) is 0 Å². The maximum Gasteiger partial charge on any atom is 0.223 e. The number of rotatable bonds is 5. The standard InChI is InChI=1S/C12H24N2O2/c1-14(2)12(15)7-8-13-10-5-4-6-11(9-10)16-3/h10-11,13H,4-9H2,1-3H3. The highest BCUT2D eigenvalue weighted by Gasteiger charge is 2.21. The Morgan fingerprint density at radius 1 is 1.44 bits per heavy atom. The van der Waals surface area contributed by atoms with Gasteiger partial charge in [0, 0.05) is 40.2 Å². The summed E-state index contributed by atoms with van der Waals surface area (Å²) < 4.78 is 5.37. The molecule has 1 amide bonds. The summed E-state index contributed by atoms with van der Waals surface area (Å²) in [5.41, 5.74) is 0. The van der Waals surface area contributed by atoms with Gasteiger partial charge in [0.2, 0.25) is 5.91 Å². The van der Waals surface area contributed by atoms with Gasteiger partial charge in [-0.2, -0.15) is 0 Å². The molecular formula is C12H24N2O2. The molecule has 1 fully saturated rings. The van der Waals surface area contributed by atoms with Crippen molar-refractivity contribution < 1.29 is 9.53 Å². The lowest BCUT2D eigenvalue weighted by Crippen LogP contribution is -2.38. The van der Waals surface area contributed by atoms with Gasteiger partial charge in [0.15, 0.2) is 0 Å². The van der Waals surface area contributed by atoms with Crippen molar-refractivity contribution in [2.45, 2.75) is 44.2 Å². The average Bonchev–Trinajstić information content (AvgIpc) is 2.29. The van der Waals surface area contributed by atoms with Crippen molar-refractivity contribution in [3.05, 3.63) is 0 Å². The minimum absolute atomic E-state index is 0.187. The molecule has 0 spiro atoms. The summed E-state index contributed by atoms with van der Waals surface area (Å²) in [4.78, 5) is 13.0. The Labute approximate surface area is 98.3 Å². The van der Waals surface area contributed by atoms with Gasteiger partial charge in [-0.15, -0.1) is 0 Å². The number of carbonyl (C=O) groups is 1. The topological polar surface area (TPSA) is 41.6 Å². The van der Waals surface area contributed by atoms with E-state index in [0.717, 1.165) is 13.0 Å². The third-order valence-corrected chi connectivity index (χ3v) is 3.23. The molecule has 4 nitrogen and oxygen atoms in total. The van der Waals surface area contributed by atoms with E-state index < -0.39 is 0 Å². The molecule has 0 aliphatic heterocycles. The van der Waals surface area contributed by atoms with Crippen LogP contribution in [-0.4, -0.2) is 50.7 Å². The van der Waals surface area contributed by atoms with Gasteiger partial charge in [-0.05, 0) is 25.7 Å². The van der Waals surface area contributed by atoms with Crippen LogP contribution in [0, 0.1) is 0 Å². The lowest BCUT2D eigenvalue weighted by atomic mass is 9.93. The summed E-state index contributed by atoms with van der Waals surface area (Å²) in [5.74, 6) is 0.187. The van der Waals surface area contributed by atoms with Gasteiger partial charge in [0.25, 0.3) is 0 Å². The molecule has 1 aliphatic carbocycles. The molecule has 0 saturated heterocycles. The molecule has 0 aromatic heterocycles. The Bertz CT molecular complexity index is 219. The Morgan fingerprint density at radius 3 is 2.81 bits per heavy atom. The van der Waals surface area contributed by atoms with Crippen LogP contribution >= 0.6 is 0 Å². The molecule has 1 aliphatic rings. The molecule has 1 saturated carbocycles. The van der Waals surface area contributed by atoms with E-state index in [9.17, 15) is 4.79 Å². The fourth-order valence-electron chi connectivity index (χ4n) is 2.15. The Balaban J connectivity index is 2.15. The number of methoxy groups -OCH3 is 1. The van der Waals surface area contributed by atoms with E-state index in [2.05, 4.69) is 5.32 Å². The Kier molecular flexibility index (Phi) is 5.77. The van der Waals surface area contributed by atoms with Crippen LogP contribution in [0.2, 0.25) is 0 Å². The van der Waals surface area contributed by atoms with Crippen molar-refractivity contribution in [1.82, 2.24) is 10.2 Å². The van der Waals surface area contributed by atoms with Gasteiger partial charge < -0.3 is 15.0 Å². The highest BCUT2D eigenvalue weighted by molar-refractivity contribution is 5.75. The summed E-state index contributed by atoms with van der Waals surface area (Å²) in [7, 11) is 5.37. The molecule has 0 bridgehead atoms. The van der Waals surface area contributed by atoms with Crippen LogP contribution in [0.3, 0.4) is 0 Å². The normalized spacial score (nSPS) is 25.4. The molecular weight excluding hydrogens is 204 g/mol. The lowest BCUT2D eigenvalue weighted by Gasteiger charge is -2.29. The molecule has 0 aromatic carbocycles. The zero-order valence-electron chi connectivity index (χ0n) is 10.7. The largest absolute Gasteiger partial charge is 0.381 e. The molecule has 0 heterocycles. The van der Waals surface area contributed by atoms with Crippen LogP contribution < -0.4 is 5.32 Å². The maximum atomic E-state index is 11.4. The second-order valence-electron chi connectivity index (χ2n) is 4.71. The van der Waals surface area contributed by atoms with Crippen LogP contribution in [0.4, 0.5) is 0 Å². The van der Waals surface area contributed by atoms with E-state index >= 15 is 0 Å². The van der Waals surface area contributed by atoms with Crippen molar-refractivity contribution >= 4 is 5.91 Å². The first-order valence-corrected chi connectivity index (χ1v) is 6.09. The first kappa shape index (κ1) is 13.5. The second-order valence-corrected chi connectivity index (χ2v) is 4.71. The van der Waals surface area contributed by atoms with Crippen molar-refractivity contribution in [2.75, 3.05) is 27.7 Å². The minimum Gasteiger partial charge on any atom is -0.381 e. The third kappa shape index (κ3) is 4.49. The Hall–Kier alpha value is -0.610. The quantitative estimate of drug-likeness (QED) is 0.763. The van der Waals surface area contributed by atoms with E-state index in [0.29, 0.717) is 18.6 Å². The number of carbonyl (C=O) groups excluding carboxylic acids is 1. The fourth-order valence-corrected chi connectivity index (χ4v) is 2.15. The summed E-state index contributed by atoms with van der Waals surface area (Å²) in [6.45, 7) is 0.776. The van der Waals surface area contributed by atoms with Gasteiger partial charge in [-0.3, -0.25) is 4.79 Å². The highest BCUT2D eigenvalue weighted by Crippen LogP contribution is 2.20. The van der Waals surface area contributed by atoms with Crippen LogP contribution in [0.25, 0.3) is 0 Å². The fraction of sp³-hybridized carbons (Fsp3) is 0.917. The van der Waals surface area contributed by atoms with E-state index in [-0.39, 0.29) is 5.91 Å². The minimum atomic E-state index is 0.187. The molecule has 1 N–H and O–H groups in total. The van der Waals surface area contributed by atoms with Gasteiger partial charge in [0.1, 0.15) is 0 Å². The number of ether oxygens (including phenoxy) is 1. The molecule has 0 radical (unpaired) electrons. The monoisotopic (exact) mass is 228 g/mol. The second kappa shape index (κ2) is 6.86. The third-order valence-electron chi connectivity index (χ3n) is 3.23. The SMILES string of the molecule is COC1CCCC(NCCC(=O)N(C)C)C1. The maximum absolute atomic E-state index is 11.4. The Morgan fingerprint density at radius 2 is 2.19 bits per heavy atom. The number of hydrogen-bond donors (Lipinski definition) is 1. The van der Waals surface area contributed by atoms with Gasteiger partial charge in [0.05, 0.1) is 6.10 Å². The smallest absolute Gasteiger partial charge is 0.223 e. The van der Waals surface area contributed by atoms with Gasteiger partial charge in [-0.1, -0.05) is 0 Å². The summed E-state index contributed by atoms with van der Waals surface area (Å²) in [6, 6.07) is 0.522. The number of amides is 1. The average molecular weight is 228 g/mol. The zero-order chi connectivity index (χ0) is 12.0. The van der Waals surface area contributed by atoms with Gasteiger partial charge >= 0.3 is 0 Å². The highest BCUT2D eigenvalue weighted by atomic mass is 16.5. The first-order chi connectivity index (χ1) is 7.63. The molecule has 0 aromatic rings. The van der Waals surface area contributed by atoms with Crippen LogP contribution in [0.5, 0.6) is 0 Å². The summed E-state index contributed by atoms with van der Waals surface area (Å²) in [6.07, 6.45) is 5.66. The number of hydrogen-bond acceptors (Lipinski definition) is 3. The predicted molar refractivity (Wildman–Crippen MR) is 64.4 cm³/mol. The van der Waals surface area contributed by atoms with Crippen molar-refractivity contribution in [1.29, 1.82) is 0 Å². The van der Waals surface area contributed by atoms with E-state index in [4.69, 9.17) is 4.74 Å². The first-order valence-electron chi connectivity index (χ1n) is 6.09. The van der Waals surface area contributed by atoms with E-state index in [1.165, 1.54) is 19.3 Å². The van der Waals surface area contributed by atoms with Crippen molar-refractivity contribution in [3.8, 4) is 0 Å². The number of nitrogens with one attached hydrogen (secondary N) is 1. The molecule has 2 atom stereocenters. The molecule has 1 rings (SSSR count). The summed E-state index contributed by atoms with van der Waals surface area (Å²) in [5, 5.41) is 3.44.